The summed E-state index contributed by atoms with van der Waals surface area (Å²) >= 11 is 14.4. The van der Waals surface area contributed by atoms with Gasteiger partial charge in [-0.05, 0) is 52.3 Å². The van der Waals surface area contributed by atoms with Gasteiger partial charge >= 0.3 is 0 Å². The van der Waals surface area contributed by atoms with Gasteiger partial charge < -0.3 is 15.8 Å². The third kappa shape index (κ3) is 3.42. The van der Waals surface area contributed by atoms with E-state index in [0.29, 0.717) is 15.8 Å². The average Bonchev–Trinajstić information content (AvgIpc) is 2.41. The number of halogens is 2. The number of anilines is 2. The maximum atomic E-state index is 6.01. The number of rotatable bonds is 4. The lowest BCUT2D eigenvalue weighted by molar-refractivity contribution is 0.417. The van der Waals surface area contributed by atoms with Gasteiger partial charge in [-0.15, -0.1) is 0 Å². The molecule has 2 aromatic carbocycles. The van der Waals surface area contributed by atoms with Crippen molar-refractivity contribution in [1.82, 2.24) is 0 Å². The minimum absolute atomic E-state index is 0.359. The molecule has 0 saturated heterocycles. The van der Waals surface area contributed by atoms with Gasteiger partial charge in [0.15, 0.2) is 0 Å². The molecule has 0 aliphatic carbocycles. The number of thiocarbonyl (C=S) groups is 1. The first-order valence-electron chi connectivity index (χ1n) is 5.71. The fraction of sp³-hybridized carbons (Fsp3) is 0.0714. The smallest absolute Gasteiger partial charge is 0.142 e. The summed E-state index contributed by atoms with van der Waals surface area (Å²) in [6.07, 6.45) is 0. The molecule has 0 saturated carbocycles. The highest BCUT2D eigenvalue weighted by molar-refractivity contribution is 9.10. The largest absolute Gasteiger partial charge is 0.495 e. The van der Waals surface area contributed by atoms with E-state index in [0.717, 1.165) is 21.4 Å². The molecule has 0 spiro atoms. The Hall–Kier alpha value is -1.30. The van der Waals surface area contributed by atoms with Crippen LogP contribution in [0.5, 0.6) is 5.75 Å². The second-order valence-electron chi connectivity index (χ2n) is 4.03. The normalized spacial score (nSPS) is 10.2. The van der Waals surface area contributed by atoms with Gasteiger partial charge in [-0.25, -0.2) is 0 Å². The zero-order chi connectivity index (χ0) is 14.7. The molecule has 0 radical (unpaired) electrons. The summed E-state index contributed by atoms with van der Waals surface area (Å²) in [6.45, 7) is 0. The van der Waals surface area contributed by atoms with Gasteiger partial charge in [-0.3, -0.25) is 0 Å². The Morgan fingerprint density at radius 1 is 1.25 bits per heavy atom. The zero-order valence-corrected chi connectivity index (χ0v) is 13.8. The lowest BCUT2D eigenvalue weighted by Gasteiger charge is -2.13. The molecule has 3 nitrogen and oxygen atoms in total. The Bertz CT molecular complexity index is 664. The molecule has 104 valence electrons. The molecule has 0 unspecified atom stereocenters. The number of hydrogen-bond acceptors (Lipinski definition) is 3. The van der Waals surface area contributed by atoms with E-state index in [1.807, 2.05) is 24.3 Å². The molecule has 0 aliphatic rings. The Balaban J connectivity index is 2.35. The third-order valence-electron chi connectivity index (χ3n) is 2.68. The predicted octanol–water partition coefficient (Wildman–Crippen LogP) is 4.49. The third-order valence-corrected chi connectivity index (χ3v) is 3.81. The summed E-state index contributed by atoms with van der Waals surface area (Å²) < 4.78 is 6.15. The van der Waals surface area contributed by atoms with Crippen molar-refractivity contribution < 1.29 is 4.74 Å². The molecule has 0 amide bonds. The molecule has 2 aromatic rings. The maximum Gasteiger partial charge on any atom is 0.142 e. The molecule has 0 atom stereocenters. The quantitative estimate of drug-likeness (QED) is 0.777. The molecule has 0 aromatic heterocycles. The molecule has 0 aliphatic heterocycles. The fourth-order valence-electron chi connectivity index (χ4n) is 1.69. The summed E-state index contributed by atoms with van der Waals surface area (Å²) in [4.78, 5) is 0.359. The van der Waals surface area contributed by atoms with Crippen LogP contribution in [0.4, 0.5) is 11.4 Å². The van der Waals surface area contributed by atoms with Crippen molar-refractivity contribution in [3.8, 4) is 5.75 Å². The number of hydrogen-bond donors (Lipinski definition) is 2. The maximum absolute atomic E-state index is 6.01. The van der Waals surface area contributed by atoms with Crippen LogP contribution in [0, 0.1) is 0 Å². The summed E-state index contributed by atoms with van der Waals surface area (Å²) in [6, 6.07) is 11.0. The van der Waals surface area contributed by atoms with E-state index in [9.17, 15) is 0 Å². The van der Waals surface area contributed by atoms with E-state index in [1.165, 1.54) is 0 Å². The van der Waals surface area contributed by atoms with Crippen molar-refractivity contribution in [3.05, 3.63) is 51.5 Å². The highest BCUT2D eigenvalue weighted by Crippen LogP contribution is 2.33. The molecule has 20 heavy (non-hydrogen) atoms. The standard InChI is InChI=1S/C14H12BrClN2OS/c1-19-13-5-3-9(16)7-12(13)18-11-4-2-8(14(17)20)6-10(11)15/h2-7,18H,1H3,(H2,17,20). The minimum atomic E-state index is 0.359. The molecular formula is C14H12BrClN2OS. The Labute approximate surface area is 136 Å². The first-order chi connectivity index (χ1) is 9.51. The first kappa shape index (κ1) is 15.1. The summed E-state index contributed by atoms with van der Waals surface area (Å²) in [5.74, 6) is 0.708. The monoisotopic (exact) mass is 370 g/mol. The molecular weight excluding hydrogens is 360 g/mol. The van der Waals surface area contributed by atoms with Crippen LogP contribution in [-0.4, -0.2) is 12.1 Å². The van der Waals surface area contributed by atoms with Crippen LogP contribution < -0.4 is 15.8 Å². The molecule has 0 fully saturated rings. The van der Waals surface area contributed by atoms with Crippen LogP contribution in [0.3, 0.4) is 0 Å². The molecule has 3 N–H and O–H groups in total. The van der Waals surface area contributed by atoms with Gasteiger partial charge in [0.05, 0.1) is 18.5 Å². The van der Waals surface area contributed by atoms with Crippen LogP contribution in [0.2, 0.25) is 5.02 Å². The van der Waals surface area contributed by atoms with Crippen LogP contribution in [0.15, 0.2) is 40.9 Å². The van der Waals surface area contributed by atoms with Crippen molar-refractivity contribution >= 4 is 56.1 Å². The van der Waals surface area contributed by atoms with Gasteiger partial charge in [0.25, 0.3) is 0 Å². The highest BCUT2D eigenvalue weighted by atomic mass is 79.9. The van der Waals surface area contributed by atoms with Gasteiger partial charge in [0.2, 0.25) is 0 Å². The SMILES string of the molecule is COc1ccc(Cl)cc1Nc1ccc(C(N)=S)cc1Br. The average molecular weight is 372 g/mol. The van der Waals surface area contributed by atoms with Crippen molar-refractivity contribution in [2.45, 2.75) is 0 Å². The topological polar surface area (TPSA) is 47.3 Å². The van der Waals surface area contributed by atoms with Crippen LogP contribution in [0.1, 0.15) is 5.56 Å². The van der Waals surface area contributed by atoms with E-state index in [1.54, 1.807) is 19.2 Å². The van der Waals surface area contributed by atoms with E-state index >= 15 is 0 Å². The summed E-state index contributed by atoms with van der Waals surface area (Å²) in [5.41, 5.74) is 8.05. The predicted molar refractivity (Wildman–Crippen MR) is 91.3 cm³/mol. The lowest BCUT2D eigenvalue weighted by atomic mass is 10.2. The van der Waals surface area contributed by atoms with Crippen LogP contribution in [0.25, 0.3) is 0 Å². The van der Waals surface area contributed by atoms with Gasteiger partial charge in [-0.1, -0.05) is 23.8 Å². The van der Waals surface area contributed by atoms with Crippen molar-refractivity contribution in [1.29, 1.82) is 0 Å². The summed E-state index contributed by atoms with van der Waals surface area (Å²) in [7, 11) is 1.61. The second kappa shape index (κ2) is 6.43. The van der Waals surface area contributed by atoms with Crippen LogP contribution >= 0.6 is 39.7 Å². The van der Waals surface area contributed by atoms with E-state index in [-0.39, 0.29) is 0 Å². The number of nitrogens with two attached hydrogens (primary N) is 1. The highest BCUT2D eigenvalue weighted by Gasteiger charge is 2.08. The van der Waals surface area contributed by atoms with Crippen molar-refractivity contribution in [2.75, 3.05) is 12.4 Å². The Morgan fingerprint density at radius 2 is 2.00 bits per heavy atom. The molecule has 6 heteroatoms. The lowest BCUT2D eigenvalue weighted by Crippen LogP contribution is -2.09. The van der Waals surface area contributed by atoms with E-state index in [4.69, 9.17) is 34.3 Å². The number of nitrogens with one attached hydrogen (secondary N) is 1. The molecule has 2 rings (SSSR count). The van der Waals surface area contributed by atoms with Crippen molar-refractivity contribution in [3.63, 3.8) is 0 Å². The molecule has 0 heterocycles. The zero-order valence-electron chi connectivity index (χ0n) is 10.6. The van der Waals surface area contributed by atoms with E-state index < -0.39 is 0 Å². The minimum Gasteiger partial charge on any atom is -0.495 e. The van der Waals surface area contributed by atoms with Crippen molar-refractivity contribution in [2.24, 2.45) is 5.73 Å². The summed E-state index contributed by atoms with van der Waals surface area (Å²) in [5, 5.41) is 3.89. The first-order valence-corrected chi connectivity index (χ1v) is 7.29. The number of benzene rings is 2. The number of ether oxygens (including phenoxy) is 1. The Morgan fingerprint density at radius 3 is 2.60 bits per heavy atom. The fourth-order valence-corrected chi connectivity index (χ4v) is 2.47. The Kier molecular flexibility index (Phi) is 4.86. The second-order valence-corrected chi connectivity index (χ2v) is 5.76. The van der Waals surface area contributed by atoms with Gasteiger partial charge in [0.1, 0.15) is 10.7 Å². The van der Waals surface area contributed by atoms with Crippen LogP contribution in [-0.2, 0) is 0 Å². The van der Waals surface area contributed by atoms with Gasteiger partial charge in [-0.2, -0.15) is 0 Å². The number of methoxy groups -OCH3 is 1. The van der Waals surface area contributed by atoms with E-state index in [2.05, 4.69) is 21.2 Å². The molecule has 0 bridgehead atoms. The van der Waals surface area contributed by atoms with Gasteiger partial charge in [0, 0.05) is 15.1 Å².